The second kappa shape index (κ2) is 10.0. The van der Waals surface area contributed by atoms with Crippen molar-refractivity contribution in [3.05, 3.63) is 65.2 Å². The number of rotatable bonds is 8. The molecule has 0 fully saturated rings. The van der Waals surface area contributed by atoms with Crippen molar-refractivity contribution in [2.45, 2.75) is 24.5 Å². The minimum Gasteiger partial charge on any atom is -0.267 e. The number of hydrazine groups is 1. The molecule has 0 spiro atoms. The number of hydrogen-bond acceptors (Lipinski definition) is 6. The third-order valence-corrected chi connectivity index (χ3v) is 7.28. The summed E-state index contributed by atoms with van der Waals surface area (Å²) in [6.07, 6.45) is 1.12. The minimum absolute atomic E-state index is 0.0170. The van der Waals surface area contributed by atoms with E-state index in [2.05, 4.69) is 10.9 Å². The molecule has 0 bridgehead atoms. The molecule has 0 unspecified atom stereocenters. The van der Waals surface area contributed by atoms with E-state index in [-0.39, 0.29) is 21.8 Å². The number of nitrogens with one attached hydrogen (secondary N) is 2. The summed E-state index contributed by atoms with van der Waals surface area (Å²) in [6, 6.07) is 11.4. The molecule has 0 saturated heterocycles. The van der Waals surface area contributed by atoms with Crippen LogP contribution in [0.4, 0.5) is 0 Å². The fourth-order valence-corrected chi connectivity index (χ4v) is 5.13. The molecule has 0 aliphatic rings. The number of carbonyl (C=O) groups is 2. The van der Waals surface area contributed by atoms with E-state index >= 15 is 0 Å². The van der Waals surface area contributed by atoms with Gasteiger partial charge in [-0.25, -0.2) is 16.8 Å². The van der Waals surface area contributed by atoms with Gasteiger partial charge >= 0.3 is 0 Å². The highest BCUT2D eigenvalue weighted by atomic mass is 32.2. The van der Waals surface area contributed by atoms with Crippen molar-refractivity contribution in [2.24, 2.45) is 0 Å². The van der Waals surface area contributed by atoms with Crippen LogP contribution in [0.2, 0.25) is 0 Å². The lowest BCUT2D eigenvalue weighted by molar-refractivity contribution is 0.0846. The fourth-order valence-electron chi connectivity index (χ4n) is 2.82. The Morgan fingerprint density at radius 3 is 1.90 bits per heavy atom. The summed E-state index contributed by atoms with van der Waals surface area (Å²) in [5.41, 5.74) is 5.32. The van der Waals surface area contributed by atoms with Gasteiger partial charge in [-0.2, -0.15) is 4.31 Å². The highest BCUT2D eigenvalue weighted by molar-refractivity contribution is 7.90. The average molecular weight is 468 g/mol. The third-order valence-electron chi connectivity index (χ3n) is 4.37. The van der Waals surface area contributed by atoms with Crippen molar-refractivity contribution >= 4 is 31.7 Å². The van der Waals surface area contributed by atoms with Crippen LogP contribution in [0.3, 0.4) is 0 Å². The lowest BCUT2D eigenvalue weighted by atomic mass is 10.1. The number of hydrogen-bond donors (Lipinski definition) is 2. The van der Waals surface area contributed by atoms with Crippen LogP contribution in [0, 0.1) is 0 Å². The molecule has 2 amide bonds. The number of sulfonamides is 1. The van der Waals surface area contributed by atoms with E-state index in [4.69, 9.17) is 0 Å². The quantitative estimate of drug-likeness (QED) is 0.564. The lowest BCUT2D eigenvalue weighted by Crippen LogP contribution is -2.41. The van der Waals surface area contributed by atoms with Gasteiger partial charge in [0.25, 0.3) is 11.8 Å². The maximum atomic E-state index is 12.6. The molecule has 0 radical (unpaired) electrons. The Balaban J connectivity index is 2.07. The molecule has 2 N–H and O–H groups in total. The molecule has 168 valence electrons. The number of amides is 2. The number of nitrogens with zero attached hydrogens (tertiary/aromatic N) is 1. The zero-order valence-electron chi connectivity index (χ0n) is 17.5. The molecule has 2 aromatic carbocycles. The molecular weight excluding hydrogens is 442 g/mol. The van der Waals surface area contributed by atoms with Gasteiger partial charge in [0.2, 0.25) is 10.0 Å². The SMILES string of the molecule is CCN(CC)S(=O)(=O)c1cccc(C(=O)NNC(=O)c2ccc(CS(C)(=O)=O)cc2)c1. The van der Waals surface area contributed by atoms with E-state index in [1.807, 2.05) is 0 Å². The largest absolute Gasteiger partial charge is 0.269 e. The van der Waals surface area contributed by atoms with E-state index < -0.39 is 31.7 Å². The molecule has 0 aliphatic heterocycles. The number of benzene rings is 2. The molecule has 0 aromatic heterocycles. The van der Waals surface area contributed by atoms with Crippen molar-refractivity contribution in [3.8, 4) is 0 Å². The van der Waals surface area contributed by atoms with E-state index in [0.29, 0.717) is 18.7 Å². The van der Waals surface area contributed by atoms with Gasteiger partial charge in [0.15, 0.2) is 9.84 Å². The van der Waals surface area contributed by atoms with Crippen LogP contribution in [0.25, 0.3) is 0 Å². The first kappa shape index (κ1) is 24.5. The van der Waals surface area contributed by atoms with Gasteiger partial charge < -0.3 is 0 Å². The van der Waals surface area contributed by atoms with Crippen LogP contribution in [0.1, 0.15) is 40.1 Å². The van der Waals surface area contributed by atoms with E-state index in [1.165, 1.54) is 52.8 Å². The highest BCUT2D eigenvalue weighted by Gasteiger charge is 2.22. The Bertz CT molecular complexity index is 1160. The average Bonchev–Trinajstić information content (AvgIpc) is 2.72. The summed E-state index contributed by atoms with van der Waals surface area (Å²) < 4.78 is 49.2. The summed E-state index contributed by atoms with van der Waals surface area (Å²) >= 11 is 0. The Hall–Kier alpha value is -2.76. The van der Waals surface area contributed by atoms with Crippen LogP contribution in [-0.4, -0.2) is 52.3 Å². The summed E-state index contributed by atoms with van der Waals surface area (Å²) in [5, 5.41) is 0. The first-order valence-corrected chi connectivity index (χ1v) is 13.0. The first-order chi connectivity index (χ1) is 14.5. The molecule has 2 rings (SSSR count). The predicted octanol–water partition coefficient (Wildman–Crippen LogP) is 1.34. The monoisotopic (exact) mass is 467 g/mol. The summed E-state index contributed by atoms with van der Waals surface area (Å²) in [6.45, 7) is 4.05. The van der Waals surface area contributed by atoms with Gasteiger partial charge in [-0.05, 0) is 35.9 Å². The van der Waals surface area contributed by atoms with Gasteiger partial charge in [-0.3, -0.25) is 20.4 Å². The van der Waals surface area contributed by atoms with Crippen LogP contribution in [-0.2, 0) is 25.6 Å². The van der Waals surface area contributed by atoms with E-state index in [9.17, 15) is 26.4 Å². The van der Waals surface area contributed by atoms with Crippen LogP contribution >= 0.6 is 0 Å². The van der Waals surface area contributed by atoms with Crippen molar-refractivity contribution < 1.29 is 26.4 Å². The van der Waals surface area contributed by atoms with Crippen molar-refractivity contribution in [2.75, 3.05) is 19.3 Å². The summed E-state index contributed by atoms with van der Waals surface area (Å²) in [7, 11) is -6.91. The second-order valence-corrected chi connectivity index (χ2v) is 10.9. The van der Waals surface area contributed by atoms with Crippen LogP contribution in [0.5, 0.6) is 0 Å². The summed E-state index contributed by atoms with van der Waals surface area (Å²) in [5.74, 6) is -1.43. The van der Waals surface area contributed by atoms with Crippen LogP contribution in [0.15, 0.2) is 53.4 Å². The Morgan fingerprint density at radius 1 is 0.839 bits per heavy atom. The zero-order valence-corrected chi connectivity index (χ0v) is 19.1. The predicted molar refractivity (Wildman–Crippen MR) is 116 cm³/mol. The van der Waals surface area contributed by atoms with Crippen molar-refractivity contribution in [1.82, 2.24) is 15.2 Å². The maximum absolute atomic E-state index is 12.6. The van der Waals surface area contributed by atoms with Gasteiger partial charge in [0.1, 0.15) is 0 Å². The first-order valence-electron chi connectivity index (χ1n) is 9.45. The topological polar surface area (TPSA) is 130 Å². The molecule has 11 heteroatoms. The molecule has 0 saturated carbocycles. The Labute approximate surface area is 182 Å². The van der Waals surface area contributed by atoms with E-state index in [1.54, 1.807) is 13.8 Å². The second-order valence-electron chi connectivity index (χ2n) is 6.79. The number of sulfone groups is 1. The van der Waals surface area contributed by atoms with Crippen molar-refractivity contribution in [3.63, 3.8) is 0 Å². The van der Waals surface area contributed by atoms with Crippen molar-refractivity contribution in [1.29, 1.82) is 0 Å². The molecule has 0 heterocycles. The minimum atomic E-state index is -3.73. The third kappa shape index (κ3) is 6.61. The molecule has 9 nitrogen and oxygen atoms in total. The molecule has 0 aliphatic carbocycles. The van der Waals surface area contributed by atoms with Gasteiger partial charge in [-0.15, -0.1) is 0 Å². The van der Waals surface area contributed by atoms with Gasteiger partial charge in [-0.1, -0.05) is 32.0 Å². The normalized spacial score (nSPS) is 11.9. The summed E-state index contributed by atoms with van der Waals surface area (Å²) in [4.78, 5) is 24.6. The zero-order chi connectivity index (χ0) is 23.2. The van der Waals surface area contributed by atoms with E-state index in [0.717, 1.165) is 6.26 Å². The molecular formula is C20H25N3O6S2. The van der Waals surface area contributed by atoms with Gasteiger partial charge in [0, 0.05) is 30.5 Å². The smallest absolute Gasteiger partial charge is 0.267 e. The fraction of sp³-hybridized carbons (Fsp3) is 0.300. The lowest BCUT2D eigenvalue weighted by Gasteiger charge is -2.18. The number of carbonyl (C=O) groups excluding carboxylic acids is 2. The molecule has 0 atom stereocenters. The standard InChI is InChI=1S/C20H25N3O6S2/c1-4-23(5-2)31(28,29)18-8-6-7-17(13-18)20(25)22-21-19(24)16-11-9-15(10-12-16)14-30(3,26)27/h6-13H,4-5,14H2,1-3H3,(H,21,24)(H,22,25). The Kier molecular flexibility index (Phi) is 7.93. The molecule has 31 heavy (non-hydrogen) atoms. The maximum Gasteiger partial charge on any atom is 0.269 e. The van der Waals surface area contributed by atoms with Gasteiger partial charge in [0.05, 0.1) is 10.6 Å². The molecule has 2 aromatic rings. The Morgan fingerprint density at radius 2 is 1.39 bits per heavy atom. The van der Waals surface area contributed by atoms with Crippen LogP contribution < -0.4 is 10.9 Å². The highest BCUT2D eigenvalue weighted by Crippen LogP contribution is 2.17.